The molecule has 0 aromatic rings. The van der Waals surface area contributed by atoms with Crippen molar-refractivity contribution in [2.75, 3.05) is 6.61 Å². The maximum Gasteiger partial charge on any atom is 0.310 e. The minimum absolute atomic E-state index is 0. The molecule has 2 aliphatic carbocycles. The van der Waals surface area contributed by atoms with E-state index in [-0.39, 0.29) is 30.3 Å². The van der Waals surface area contributed by atoms with Gasteiger partial charge in [0.1, 0.15) is 0 Å². The highest BCUT2D eigenvalue weighted by molar-refractivity contribution is 5.85. The first-order chi connectivity index (χ1) is 6.24. The summed E-state index contributed by atoms with van der Waals surface area (Å²) in [6.07, 6.45) is 3.52. The summed E-state index contributed by atoms with van der Waals surface area (Å²) in [5.41, 5.74) is 5.99. The quantitative estimate of drug-likeness (QED) is 0.714. The largest absolute Gasteiger partial charge is 0.466 e. The van der Waals surface area contributed by atoms with Crippen molar-refractivity contribution >= 4 is 18.4 Å². The van der Waals surface area contributed by atoms with E-state index in [1.165, 1.54) is 12.8 Å². The maximum absolute atomic E-state index is 11.5. The number of ether oxygens (including phenoxy) is 1. The molecule has 2 aliphatic rings. The molecule has 2 unspecified atom stereocenters. The number of hydrogen-bond acceptors (Lipinski definition) is 3. The highest BCUT2D eigenvalue weighted by Gasteiger charge is 2.49. The van der Waals surface area contributed by atoms with Crippen LogP contribution in [0, 0.1) is 17.8 Å². The third kappa shape index (κ3) is 1.75. The Labute approximate surface area is 90.8 Å². The van der Waals surface area contributed by atoms with Crippen LogP contribution >= 0.6 is 12.4 Å². The molecule has 0 saturated heterocycles. The number of carbonyl (C=O) groups excluding carboxylic acids is 1. The van der Waals surface area contributed by atoms with Gasteiger partial charge in [0, 0.05) is 6.04 Å². The summed E-state index contributed by atoms with van der Waals surface area (Å²) in [7, 11) is 0. The Morgan fingerprint density at radius 2 is 2.07 bits per heavy atom. The van der Waals surface area contributed by atoms with Crippen LogP contribution in [0.15, 0.2) is 0 Å². The van der Waals surface area contributed by atoms with Crippen LogP contribution in [-0.2, 0) is 9.53 Å². The summed E-state index contributed by atoms with van der Waals surface area (Å²) in [4.78, 5) is 11.5. The normalized spacial score (nSPS) is 39.3. The molecule has 2 N–H and O–H groups in total. The molecule has 4 heteroatoms. The van der Waals surface area contributed by atoms with Crippen LogP contribution in [0.3, 0.4) is 0 Å². The lowest BCUT2D eigenvalue weighted by atomic mass is 9.85. The zero-order chi connectivity index (χ0) is 9.42. The van der Waals surface area contributed by atoms with E-state index in [9.17, 15) is 4.79 Å². The van der Waals surface area contributed by atoms with E-state index in [0.29, 0.717) is 18.4 Å². The third-order valence-electron chi connectivity index (χ3n) is 3.54. The summed E-state index contributed by atoms with van der Waals surface area (Å²) < 4.78 is 5.03. The zero-order valence-electron chi connectivity index (χ0n) is 8.44. The van der Waals surface area contributed by atoms with Crippen molar-refractivity contribution in [3.05, 3.63) is 0 Å². The molecule has 0 aliphatic heterocycles. The number of esters is 1. The van der Waals surface area contributed by atoms with Crippen LogP contribution in [0.1, 0.15) is 26.2 Å². The summed E-state index contributed by atoms with van der Waals surface area (Å²) in [5.74, 6) is 1.03. The lowest BCUT2D eigenvalue weighted by Crippen LogP contribution is -2.41. The van der Waals surface area contributed by atoms with E-state index in [1.54, 1.807) is 0 Å². The van der Waals surface area contributed by atoms with E-state index in [1.807, 2.05) is 6.92 Å². The average Bonchev–Trinajstić information content (AvgIpc) is 2.63. The Morgan fingerprint density at radius 3 is 2.57 bits per heavy atom. The fourth-order valence-corrected chi connectivity index (χ4v) is 2.92. The van der Waals surface area contributed by atoms with Crippen molar-refractivity contribution < 1.29 is 9.53 Å². The molecule has 4 atom stereocenters. The predicted molar refractivity (Wildman–Crippen MR) is 56.2 cm³/mol. The molecule has 0 spiro atoms. The van der Waals surface area contributed by atoms with Gasteiger partial charge in [0.15, 0.2) is 0 Å². The van der Waals surface area contributed by atoms with Crippen LogP contribution in [0.4, 0.5) is 0 Å². The highest BCUT2D eigenvalue weighted by atomic mass is 35.5. The Balaban J connectivity index is 0.000000980. The summed E-state index contributed by atoms with van der Waals surface area (Å²) in [6, 6.07) is 0.0674. The lowest BCUT2D eigenvalue weighted by Gasteiger charge is -2.25. The van der Waals surface area contributed by atoms with Gasteiger partial charge in [0.25, 0.3) is 0 Å². The van der Waals surface area contributed by atoms with Crippen molar-refractivity contribution in [2.45, 2.75) is 32.2 Å². The number of carbonyl (C=O) groups is 1. The average molecular weight is 220 g/mol. The van der Waals surface area contributed by atoms with Crippen LogP contribution in [0.25, 0.3) is 0 Å². The van der Waals surface area contributed by atoms with E-state index >= 15 is 0 Å². The van der Waals surface area contributed by atoms with Gasteiger partial charge in [-0.05, 0) is 38.0 Å². The first-order valence-electron chi connectivity index (χ1n) is 5.16. The summed E-state index contributed by atoms with van der Waals surface area (Å²) >= 11 is 0. The van der Waals surface area contributed by atoms with Crippen molar-refractivity contribution in [3.63, 3.8) is 0 Å². The Bertz CT molecular complexity index is 220. The van der Waals surface area contributed by atoms with Gasteiger partial charge in [0.2, 0.25) is 0 Å². The minimum Gasteiger partial charge on any atom is -0.466 e. The molecule has 2 rings (SSSR count). The minimum atomic E-state index is -0.0674. The monoisotopic (exact) mass is 219 g/mol. The molecule has 0 amide bonds. The molecular formula is C10H18ClNO2. The molecule has 2 saturated carbocycles. The standard InChI is InChI=1S/C10H17NO2.ClH/c1-2-13-10(12)8-6-3-4-7(5-6)9(8)11;/h6-9H,2-5,11H2,1H3;1H/t6?,7?,8-,9+;/m0./s1. The number of halogens is 1. The predicted octanol–water partition coefficient (Wildman–Crippen LogP) is 1.34. The third-order valence-corrected chi connectivity index (χ3v) is 3.54. The van der Waals surface area contributed by atoms with Crippen LogP contribution in [0.5, 0.6) is 0 Å². The van der Waals surface area contributed by atoms with Gasteiger partial charge in [-0.2, -0.15) is 0 Å². The second-order valence-electron chi connectivity index (χ2n) is 4.19. The van der Waals surface area contributed by atoms with Crippen LogP contribution < -0.4 is 5.73 Å². The molecule has 3 nitrogen and oxygen atoms in total. The fraction of sp³-hybridized carbons (Fsp3) is 0.900. The first-order valence-corrected chi connectivity index (χ1v) is 5.16. The summed E-state index contributed by atoms with van der Waals surface area (Å²) in [5, 5.41) is 0. The molecule has 0 aromatic heterocycles. The van der Waals surface area contributed by atoms with Crippen LogP contribution in [-0.4, -0.2) is 18.6 Å². The topological polar surface area (TPSA) is 52.3 Å². The SMILES string of the molecule is CCOC(=O)[C@H]1C2CCC(C2)[C@H]1N.Cl. The zero-order valence-corrected chi connectivity index (χ0v) is 9.26. The number of rotatable bonds is 2. The van der Waals surface area contributed by atoms with Crippen molar-refractivity contribution in [1.82, 2.24) is 0 Å². The van der Waals surface area contributed by atoms with Gasteiger partial charge >= 0.3 is 5.97 Å². The van der Waals surface area contributed by atoms with Crippen LogP contribution in [0.2, 0.25) is 0 Å². The molecule has 2 bridgehead atoms. The van der Waals surface area contributed by atoms with E-state index in [4.69, 9.17) is 10.5 Å². The van der Waals surface area contributed by atoms with Crippen molar-refractivity contribution in [3.8, 4) is 0 Å². The summed E-state index contributed by atoms with van der Waals surface area (Å²) in [6.45, 7) is 2.32. The van der Waals surface area contributed by atoms with Crippen molar-refractivity contribution in [2.24, 2.45) is 23.5 Å². The molecule has 0 heterocycles. The fourth-order valence-electron chi connectivity index (χ4n) is 2.92. The van der Waals surface area contributed by atoms with Gasteiger partial charge in [-0.25, -0.2) is 0 Å². The van der Waals surface area contributed by atoms with Gasteiger partial charge in [-0.1, -0.05) is 0 Å². The number of hydrogen-bond donors (Lipinski definition) is 1. The first kappa shape index (κ1) is 11.8. The van der Waals surface area contributed by atoms with Gasteiger partial charge < -0.3 is 10.5 Å². The lowest BCUT2D eigenvalue weighted by molar-refractivity contribution is -0.150. The number of nitrogens with two attached hydrogens (primary N) is 1. The van der Waals surface area contributed by atoms with Gasteiger partial charge in [-0.15, -0.1) is 12.4 Å². The van der Waals surface area contributed by atoms with Gasteiger partial charge in [-0.3, -0.25) is 4.79 Å². The number of fused-ring (bicyclic) bond motifs is 2. The van der Waals surface area contributed by atoms with Crippen molar-refractivity contribution in [1.29, 1.82) is 0 Å². The molecule has 14 heavy (non-hydrogen) atoms. The molecule has 2 fully saturated rings. The maximum atomic E-state index is 11.5. The molecule has 82 valence electrons. The Hall–Kier alpha value is -0.280. The highest BCUT2D eigenvalue weighted by Crippen LogP contribution is 2.47. The van der Waals surface area contributed by atoms with E-state index in [2.05, 4.69) is 0 Å². The molecular weight excluding hydrogens is 202 g/mol. The second-order valence-corrected chi connectivity index (χ2v) is 4.19. The van der Waals surface area contributed by atoms with E-state index in [0.717, 1.165) is 6.42 Å². The smallest absolute Gasteiger partial charge is 0.310 e. The Morgan fingerprint density at radius 1 is 1.43 bits per heavy atom. The second kappa shape index (κ2) is 4.49. The Kier molecular flexibility index (Phi) is 3.78. The molecule has 0 aromatic carbocycles. The van der Waals surface area contributed by atoms with E-state index < -0.39 is 0 Å². The molecule has 0 radical (unpaired) electrons. The van der Waals surface area contributed by atoms with Gasteiger partial charge in [0.05, 0.1) is 12.5 Å².